The molecule has 0 fully saturated rings. The zero-order valence-corrected chi connectivity index (χ0v) is 10.2. The van der Waals surface area contributed by atoms with Crippen molar-refractivity contribution in [3.63, 3.8) is 0 Å². The maximum atomic E-state index is 5.97. The summed E-state index contributed by atoms with van der Waals surface area (Å²) in [6, 6.07) is 8.97. The SMILES string of the molecule is Clc1cc(NN=Cc2ccccc2Cl)ncn1. The summed E-state index contributed by atoms with van der Waals surface area (Å²) in [5.41, 5.74) is 3.56. The molecule has 0 spiro atoms. The van der Waals surface area contributed by atoms with E-state index >= 15 is 0 Å². The first kappa shape index (κ1) is 11.8. The molecule has 2 aromatic rings. The number of hydrogen-bond acceptors (Lipinski definition) is 4. The molecule has 1 aromatic heterocycles. The highest BCUT2D eigenvalue weighted by atomic mass is 35.5. The number of anilines is 1. The maximum absolute atomic E-state index is 5.97. The molecule has 17 heavy (non-hydrogen) atoms. The van der Waals surface area contributed by atoms with E-state index in [4.69, 9.17) is 23.2 Å². The van der Waals surface area contributed by atoms with Gasteiger partial charge in [-0.25, -0.2) is 9.97 Å². The number of nitrogens with zero attached hydrogens (tertiary/aromatic N) is 3. The van der Waals surface area contributed by atoms with Gasteiger partial charge in [-0.3, -0.25) is 5.43 Å². The van der Waals surface area contributed by atoms with Crippen LogP contribution in [0.2, 0.25) is 10.2 Å². The van der Waals surface area contributed by atoms with Crippen LogP contribution in [0.1, 0.15) is 5.56 Å². The molecule has 0 aliphatic rings. The minimum atomic E-state index is 0.357. The van der Waals surface area contributed by atoms with Crippen molar-refractivity contribution in [1.82, 2.24) is 9.97 Å². The number of rotatable bonds is 3. The first-order valence-electron chi connectivity index (χ1n) is 4.77. The second-order valence-corrected chi connectivity index (χ2v) is 3.91. The second-order valence-electron chi connectivity index (χ2n) is 3.12. The lowest BCUT2D eigenvalue weighted by molar-refractivity contribution is 1.14. The lowest BCUT2D eigenvalue weighted by Crippen LogP contribution is -1.94. The van der Waals surface area contributed by atoms with E-state index in [1.807, 2.05) is 18.2 Å². The predicted molar refractivity (Wildman–Crippen MR) is 69.7 cm³/mol. The Labute approximate surface area is 108 Å². The fraction of sp³-hybridized carbons (Fsp3) is 0. The lowest BCUT2D eigenvalue weighted by atomic mass is 10.2. The summed E-state index contributed by atoms with van der Waals surface area (Å²) < 4.78 is 0. The highest BCUT2D eigenvalue weighted by Gasteiger charge is 1.95. The van der Waals surface area contributed by atoms with Crippen LogP contribution >= 0.6 is 23.2 Å². The van der Waals surface area contributed by atoms with Crippen LogP contribution in [-0.2, 0) is 0 Å². The minimum absolute atomic E-state index is 0.357. The van der Waals surface area contributed by atoms with E-state index in [9.17, 15) is 0 Å². The molecule has 1 N–H and O–H groups in total. The Morgan fingerprint density at radius 2 is 2.00 bits per heavy atom. The predicted octanol–water partition coefficient (Wildman–Crippen LogP) is 3.23. The molecule has 1 heterocycles. The monoisotopic (exact) mass is 266 g/mol. The number of hydrogen-bond donors (Lipinski definition) is 1. The Morgan fingerprint density at radius 3 is 2.76 bits per heavy atom. The van der Waals surface area contributed by atoms with E-state index in [-0.39, 0.29) is 0 Å². The van der Waals surface area contributed by atoms with Gasteiger partial charge in [0.2, 0.25) is 0 Å². The quantitative estimate of drug-likeness (QED) is 0.527. The lowest BCUT2D eigenvalue weighted by Gasteiger charge is -1.99. The molecule has 6 heteroatoms. The van der Waals surface area contributed by atoms with E-state index in [1.165, 1.54) is 6.33 Å². The fourth-order valence-electron chi connectivity index (χ4n) is 1.14. The molecule has 2 rings (SSSR count). The first-order valence-corrected chi connectivity index (χ1v) is 5.52. The summed E-state index contributed by atoms with van der Waals surface area (Å²) in [4.78, 5) is 7.70. The van der Waals surface area contributed by atoms with Gasteiger partial charge >= 0.3 is 0 Å². The number of aromatic nitrogens is 2. The minimum Gasteiger partial charge on any atom is -0.261 e. The van der Waals surface area contributed by atoms with Gasteiger partial charge in [0, 0.05) is 16.7 Å². The molecular formula is C11H8Cl2N4. The third-order valence-corrected chi connectivity index (χ3v) is 2.47. The molecule has 0 amide bonds. The van der Waals surface area contributed by atoms with Crippen molar-refractivity contribution in [2.24, 2.45) is 5.10 Å². The summed E-state index contributed by atoms with van der Waals surface area (Å²) in [5.74, 6) is 0.522. The van der Waals surface area contributed by atoms with Gasteiger partial charge in [0.15, 0.2) is 5.82 Å². The van der Waals surface area contributed by atoms with Gasteiger partial charge in [-0.05, 0) is 6.07 Å². The van der Waals surface area contributed by atoms with Crippen LogP contribution in [0.4, 0.5) is 5.82 Å². The van der Waals surface area contributed by atoms with Crippen LogP contribution in [0, 0.1) is 0 Å². The largest absolute Gasteiger partial charge is 0.261 e. The molecule has 0 unspecified atom stereocenters. The van der Waals surface area contributed by atoms with Gasteiger partial charge in [-0.2, -0.15) is 5.10 Å². The van der Waals surface area contributed by atoms with Crippen LogP contribution in [0.5, 0.6) is 0 Å². The normalized spacial score (nSPS) is 10.7. The molecule has 0 radical (unpaired) electrons. The molecule has 0 aliphatic carbocycles. The van der Waals surface area contributed by atoms with E-state index < -0.39 is 0 Å². The molecule has 0 atom stereocenters. The topological polar surface area (TPSA) is 50.2 Å². The van der Waals surface area contributed by atoms with Crippen molar-refractivity contribution in [2.75, 3.05) is 5.43 Å². The Balaban J connectivity index is 2.06. The number of halogens is 2. The van der Waals surface area contributed by atoms with Gasteiger partial charge in [0.1, 0.15) is 11.5 Å². The zero-order valence-electron chi connectivity index (χ0n) is 8.64. The molecule has 4 nitrogen and oxygen atoms in total. The van der Waals surface area contributed by atoms with Crippen molar-refractivity contribution >= 4 is 35.2 Å². The molecule has 1 aromatic carbocycles. The van der Waals surface area contributed by atoms with Gasteiger partial charge in [0.25, 0.3) is 0 Å². The standard InChI is InChI=1S/C11H8Cl2N4/c12-9-4-2-1-3-8(9)6-16-17-11-5-10(13)14-7-15-11/h1-7H,(H,14,15,17). The number of hydrazone groups is 1. The van der Waals surface area contributed by atoms with Crippen LogP contribution in [0.15, 0.2) is 41.8 Å². The van der Waals surface area contributed by atoms with E-state index in [0.717, 1.165) is 5.56 Å². The van der Waals surface area contributed by atoms with E-state index in [2.05, 4.69) is 20.5 Å². The van der Waals surface area contributed by atoms with Crippen molar-refractivity contribution in [3.8, 4) is 0 Å². The van der Waals surface area contributed by atoms with Crippen molar-refractivity contribution in [3.05, 3.63) is 52.4 Å². The summed E-state index contributed by atoms with van der Waals surface area (Å²) in [7, 11) is 0. The molecule has 0 saturated carbocycles. The summed E-state index contributed by atoms with van der Waals surface area (Å²) in [6.07, 6.45) is 2.97. The molecule has 86 valence electrons. The second kappa shape index (κ2) is 5.61. The Bertz CT molecular complexity index is 542. The van der Waals surface area contributed by atoms with Crippen LogP contribution in [-0.4, -0.2) is 16.2 Å². The third kappa shape index (κ3) is 3.41. The van der Waals surface area contributed by atoms with Crippen LogP contribution in [0.25, 0.3) is 0 Å². The highest BCUT2D eigenvalue weighted by molar-refractivity contribution is 6.33. The summed E-state index contributed by atoms with van der Waals surface area (Å²) in [6.45, 7) is 0. The summed E-state index contributed by atoms with van der Waals surface area (Å²) in [5, 5.41) is 5.00. The zero-order chi connectivity index (χ0) is 12.1. The molecular weight excluding hydrogens is 259 g/mol. The van der Waals surface area contributed by atoms with Gasteiger partial charge in [-0.1, -0.05) is 41.4 Å². The highest BCUT2D eigenvalue weighted by Crippen LogP contribution is 2.13. The van der Waals surface area contributed by atoms with Crippen molar-refractivity contribution in [1.29, 1.82) is 0 Å². The smallest absolute Gasteiger partial charge is 0.151 e. The van der Waals surface area contributed by atoms with Gasteiger partial charge < -0.3 is 0 Å². The summed E-state index contributed by atoms with van der Waals surface area (Å²) >= 11 is 11.7. The van der Waals surface area contributed by atoms with Crippen molar-refractivity contribution in [2.45, 2.75) is 0 Å². The molecule has 0 aliphatic heterocycles. The first-order chi connectivity index (χ1) is 8.25. The van der Waals surface area contributed by atoms with Crippen LogP contribution in [0.3, 0.4) is 0 Å². The maximum Gasteiger partial charge on any atom is 0.151 e. The fourth-order valence-corrected chi connectivity index (χ4v) is 1.47. The number of nitrogens with one attached hydrogen (secondary N) is 1. The average Bonchev–Trinajstić information content (AvgIpc) is 2.32. The number of benzene rings is 1. The van der Waals surface area contributed by atoms with E-state index in [1.54, 1.807) is 18.3 Å². The molecule has 0 saturated heterocycles. The van der Waals surface area contributed by atoms with Crippen LogP contribution < -0.4 is 5.43 Å². The Kier molecular flexibility index (Phi) is 3.90. The Hall–Kier alpha value is -1.65. The van der Waals surface area contributed by atoms with E-state index in [0.29, 0.717) is 16.0 Å². The Morgan fingerprint density at radius 1 is 1.18 bits per heavy atom. The molecule has 0 bridgehead atoms. The third-order valence-electron chi connectivity index (χ3n) is 1.92. The average molecular weight is 267 g/mol. The van der Waals surface area contributed by atoms with Crippen molar-refractivity contribution < 1.29 is 0 Å². The van der Waals surface area contributed by atoms with Gasteiger partial charge in [-0.15, -0.1) is 0 Å². The van der Waals surface area contributed by atoms with Gasteiger partial charge in [0.05, 0.1) is 6.21 Å².